The van der Waals surface area contributed by atoms with E-state index >= 15 is 0 Å². The molecule has 7 nitrogen and oxygen atoms in total. The summed E-state index contributed by atoms with van der Waals surface area (Å²) in [5, 5.41) is 8.34. The third kappa shape index (κ3) is 5.74. The number of carbonyl (C=O) groups excluding carboxylic acids is 2. The van der Waals surface area contributed by atoms with Crippen LogP contribution in [-0.2, 0) is 4.79 Å². The Bertz CT molecular complexity index is 889. The van der Waals surface area contributed by atoms with Gasteiger partial charge < -0.3 is 15.0 Å². The molecule has 1 fully saturated rings. The highest BCUT2D eigenvalue weighted by Crippen LogP contribution is 2.27. The van der Waals surface area contributed by atoms with Gasteiger partial charge >= 0.3 is 6.18 Å². The Morgan fingerprint density at radius 1 is 1.27 bits per heavy atom. The fourth-order valence-corrected chi connectivity index (χ4v) is 3.32. The maximum absolute atomic E-state index is 12.4. The standard InChI is InChI=1S/C20H23F3N4O3/c1-13-4-2-3-5-17(13)30-11-18(28)27-8-6-14(7-9-27)15-10-16(26-25-15)19(29)24-12-20(21,22)23/h2-5,10,14H,6-9,11-12H2,1H3,(H,24,29)(H,25,26). The lowest BCUT2D eigenvalue weighted by atomic mass is 9.93. The van der Waals surface area contributed by atoms with Gasteiger partial charge in [-0.15, -0.1) is 0 Å². The number of nitrogens with one attached hydrogen (secondary N) is 2. The zero-order valence-corrected chi connectivity index (χ0v) is 16.5. The number of carbonyl (C=O) groups is 2. The van der Waals surface area contributed by atoms with Crippen LogP contribution in [-0.4, -0.2) is 59.3 Å². The molecule has 3 rings (SSSR count). The highest BCUT2D eigenvalue weighted by atomic mass is 19.4. The molecule has 2 amide bonds. The molecule has 162 valence electrons. The van der Waals surface area contributed by atoms with Gasteiger partial charge in [-0.2, -0.15) is 18.3 Å². The average molecular weight is 424 g/mol. The molecule has 1 aromatic carbocycles. The first-order valence-electron chi connectivity index (χ1n) is 9.59. The van der Waals surface area contributed by atoms with Crippen LogP contribution in [0.25, 0.3) is 0 Å². The van der Waals surface area contributed by atoms with Gasteiger partial charge in [0.05, 0.1) is 0 Å². The first kappa shape index (κ1) is 21.7. The molecule has 0 saturated carbocycles. The lowest BCUT2D eigenvalue weighted by molar-refractivity contribution is -0.134. The molecule has 0 aliphatic carbocycles. The van der Waals surface area contributed by atoms with Gasteiger partial charge in [0, 0.05) is 24.7 Å². The second-order valence-corrected chi connectivity index (χ2v) is 7.22. The van der Waals surface area contributed by atoms with E-state index in [0.717, 1.165) is 5.56 Å². The number of benzene rings is 1. The number of alkyl halides is 3. The number of piperidine rings is 1. The summed E-state index contributed by atoms with van der Waals surface area (Å²) >= 11 is 0. The summed E-state index contributed by atoms with van der Waals surface area (Å²) in [4.78, 5) is 25.9. The average Bonchev–Trinajstić information content (AvgIpc) is 3.21. The Morgan fingerprint density at radius 2 is 1.97 bits per heavy atom. The largest absolute Gasteiger partial charge is 0.484 e. The summed E-state index contributed by atoms with van der Waals surface area (Å²) in [5.41, 5.74) is 1.55. The Balaban J connectivity index is 1.47. The number of hydrogen-bond donors (Lipinski definition) is 2. The molecule has 1 aliphatic heterocycles. The number of likely N-dealkylation sites (tertiary alicyclic amines) is 1. The van der Waals surface area contributed by atoms with Crippen molar-refractivity contribution < 1.29 is 27.5 Å². The Hall–Kier alpha value is -3.04. The third-order valence-electron chi connectivity index (χ3n) is 5.01. The number of rotatable bonds is 6. The van der Waals surface area contributed by atoms with Crippen molar-refractivity contribution in [3.05, 3.63) is 47.3 Å². The summed E-state index contributed by atoms with van der Waals surface area (Å²) in [5.74, 6) is -0.262. The smallest absolute Gasteiger partial charge is 0.405 e. The SMILES string of the molecule is Cc1ccccc1OCC(=O)N1CCC(c2cc(C(=O)NCC(F)(F)F)n[nH]2)CC1. The number of hydrogen-bond acceptors (Lipinski definition) is 4. The fourth-order valence-electron chi connectivity index (χ4n) is 3.32. The van der Waals surface area contributed by atoms with Gasteiger partial charge in [0.15, 0.2) is 6.61 Å². The molecule has 0 atom stereocenters. The van der Waals surface area contributed by atoms with Gasteiger partial charge in [-0.05, 0) is 37.5 Å². The van der Waals surface area contributed by atoms with E-state index in [9.17, 15) is 22.8 Å². The van der Waals surface area contributed by atoms with Crippen molar-refractivity contribution in [1.82, 2.24) is 20.4 Å². The molecule has 2 N–H and O–H groups in total. The summed E-state index contributed by atoms with van der Waals surface area (Å²) in [6.45, 7) is 1.51. The molecule has 10 heteroatoms. The van der Waals surface area contributed by atoms with Crippen molar-refractivity contribution in [1.29, 1.82) is 0 Å². The normalized spacial score (nSPS) is 15.1. The fraction of sp³-hybridized carbons (Fsp3) is 0.450. The van der Waals surface area contributed by atoms with Crippen LogP contribution in [0.3, 0.4) is 0 Å². The topological polar surface area (TPSA) is 87.3 Å². The van der Waals surface area contributed by atoms with Crippen molar-refractivity contribution in [2.24, 2.45) is 0 Å². The van der Waals surface area contributed by atoms with Crippen LogP contribution in [0, 0.1) is 6.92 Å². The van der Waals surface area contributed by atoms with Crippen LogP contribution in [0.4, 0.5) is 13.2 Å². The molecule has 0 radical (unpaired) electrons. The number of para-hydroxylation sites is 1. The number of aromatic nitrogens is 2. The van der Waals surface area contributed by atoms with Gasteiger partial charge in [-0.1, -0.05) is 18.2 Å². The number of aryl methyl sites for hydroxylation is 1. The van der Waals surface area contributed by atoms with Gasteiger partial charge in [-0.25, -0.2) is 0 Å². The highest BCUT2D eigenvalue weighted by molar-refractivity contribution is 5.92. The third-order valence-corrected chi connectivity index (χ3v) is 5.01. The molecule has 0 unspecified atom stereocenters. The molecule has 1 aromatic heterocycles. The van der Waals surface area contributed by atoms with E-state index in [1.165, 1.54) is 6.07 Å². The lowest BCUT2D eigenvalue weighted by Gasteiger charge is -2.31. The number of H-pyrrole nitrogens is 1. The highest BCUT2D eigenvalue weighted by Gasteiger charge is 2.29. The lowest BCUT2D eigenvalue weighted by Crippen LogP contribution is -2.40. The number of halogens is 3. The van der Waals surface area contributed by atoms with Crippen molar-refractivity contribution in [2.45, 2.75) is 31.9 Å². The van der Waals surface area contributed by atoms with Crippen molar-refractivity contribution in [2.75, 3.05) is 26.2 Å². The quantitative estimate of drug-likeness (QED) is 0.747. The molecule has 2 heterocycles. The van der Waals surface area contributed by atoms with Gasteiger partial charge in [-0.3, -0.25) is 14.7 Å². The summed E-state index contributed by atoms with van der Waals surface area (Å²) < 4.78 is 42.3. The zero-order valence-electron chi connectivity index (χ0n) is 16.5. The Kier molecular flexibility index (Phi) is 6.63. The molecule has 1 aliphatic rings. The molecular weight excluding hydrogens is 401 g/mol. The minimum atomic E-state index is -4.48. The van der Waals surface area contributed by atoms with Crippen molar-refractivity contribution in [3.63, 3.8) is 0 Å². The first-order chi connectivity index (χ1) is 14.2. The second kappa shape index (κ2) is 9.19. The second-order valence-electron chi connectivity index (χ2n) is 7.22. The van der Waals surface area contributed by atoms with Crippen LogP contribution >= 0.6 is 0 Å². The van der Waals surface area contributed by atoms with E-state index < -0.39 is 18.6 Å². The Labute approximate surface area is 171 Å². The number of aromatic amines is 1. The minimum Gasteiger partial charge on any atom is -0.484 e. The first-order valence-corrected chi connectivity index (χ1v) is 9.59. The van der Waals surface area contributed by atoms with Crippen molar-refractivity contribution >= 4 is 11.8 Å². The molecule has 0 bridgehead atoms. The minimum absolute atomic E-state index is 0.0386. The summed E-state index contributed by atoms with van der Waals surface area (Å²) in [6.07, 6.45) is -3.17. The van der Waals surface area contributed by atoms with Crippen LogP contribution < -0.4 is 10.1 Å². The predicted molar refractivity (Wildman–Crippen MR) is 102 cm³/mol. The van der Waals surface area contributed by atoms with Gasteiger partial charge in [0.25, 0.3) is 11.8 Å². The maximum Gasteiger partial charge on any atom is 0.405 e. The van der Waals surface area contributed by atoms with E-state index in [2.05, 4.69) is 10.2 Å². The monoisotopic (exact) mass is 424 g/mol. The molecule has 2 aromatic rings. The van der Waals surface area contributed by atoms with Gasteiger partial charge in [0.1, 0.15) is 18.0 Å². The zero-order chi connectivity index (χ0) is 21.7. The number of amides is 2. The van der Waals surface area contributed by atoms with E-state index in [-0.39, 0.29) is 24.1 Å². The van der Waals surface area contributed by atoms with E-state index in [1.807, 2.05) is 31.2 Å². The van der Waals surface area contributed by atoms with E-state index in [4.69, 9.17) is 4.74 Å². The van der Waals surface area contributed by atoms with E-state index in [0.29, 0.717) is 37.4 Å². The van der Waals surface area contributed by atoms with Crippen LogP contribution in [0.2, 0.25) is 0 Å². The van der Waals surface area contributed by atoms with Crippen LogP contribution in [0.15, 0.2) is 30.3 Å². The maximum atomic E-state index is 12.4. The predicted octanol–water partition coefficient (Wildman–Crippen LogP) is 2.80. The van der Waals surface area contributed by atoms with Crippen molar-refractivity contribution in [3.8, 4) is 5.75 Å². The van der Waals surface area contributed by atoms with Crippen LogP contribution in [0.1, 0.15) is 40.5 Å². The molecular formula is C20H23F3N4O3. The molecule has 0 spiro atoms. The number of nitrogens with zero attached hydrogens (tertiary/aromatic N) is 2. The summed E-state index contributed by atoms with van der Waals surface area (Å²) in [7, 11) is 0. The van der Waals surface area contributed by atoms with Crippen LogP contribution in [0.5, 0.6) is 5.75 Å². The number of ether oxygens (including phenoxy) is 1. The van der Waals surface area contributed by atoms with Gasteiger partial charge in [0.2, 0.25) is 0 Å². The summed E-state index contributed by atoms with van der Waals surface area (Å²) in [6, 6.07) is 8.94. The van der Waals surface area contributed by atoms with E-state index in [1.54, 1.807) is 10.2 Å². The Morgan fingerprint density at radius 3 is 2.63 bits per heavy atom. The molecule has 1 saturated heterocycles. The molecule has 30 heavy (non-hydrogen) atoms.